The summed E-state index contributed by atoms with van der Waals surface area (Å²) in [6, 6.07) is 24.4. The minimum atomic E-state index is -0.372. The number of para-hydroxylation sites is 1. The number of fused-ring (bicyclic) bond motifs is 4. The smallest absolute Gasteiger partial charge is 0.407 e. The summed E-state index contributed by atoms with van der Waals surface area (Å²) in [4.78, 5) is 21.6. The fraction of sp³-hybridized carbons (Fsp3) is 0.432. The number of carbonyl (C=O) groups excluding carboxylic acids is 1. The summed E-state index contributed by atoms with van der Waals surface area (Å²) in [5.41, 5.74) is 10.2. The molecule has 1 aromatic heterocycles. The van der Waals surface area contributed by atoms with Gasteiger partial charge in [0.2, 0.25) is 0 Å². The Hall–Kier alpha value is -3.77. The number of nitrogens with one attached hydrogen (secondary N) is 2. The highest BCUT2D eigenvalue weighted by atomic mass is 16.5. The number of rotatable bonds is 10. The van der Waals surface area contributed by atoms with Gasteiger partial charge in [-0.15, -0.1) is 0 Å². The summed E-state index contributed by atoms with van der Waals surface area (Å²) in [6.45, 7) is 14.3. The molecule has 3 unspecified atom stereocenters. The van der Waals surface area contributed by atoms with E-state index in [9.17, 15) is 4.79 Å². The van der Waals surface area contributed by atoms with Crippen molar-refractivity contribution in [2.75, 3.05) is 37.6 Å². The van der Waals surface area contributed by atoms with E-state index in [1.807, 2.05) is 18.2 Å². The van der Waals surface area contributed by atoms with E-state index in [1.165, 1.54) is 52.0 Å². The predicted octanol–water partition coefficient (Wildman–Crippen LogP) is 7.37. The van der Waals surface area contributed by atoms with Crippen molar-refractivity contribution in [1.82, 2.24) is 15.2 Å². The molecule has 0 spiro atoms. The lowest BCUT2D eigenvalue weighted by Gasteiger charge is -2.38. The quantitative estimate of drug-likeness (QED) is 0.206. The van der Waals surface area contributed by atoms with E-state index in [0.29, 0.717) is 18.5 Å². The van der Waals surface area contributed by atoms with Gasteiger partial charge in [-0.1, -0.05) is 75.4 Å². The van der Waals surface area contributed by atoms with Gasteiger partial charge in [0.05, 0.1) is 0 Å². The van der Waals surface area contributed by atoms with Crippen molar-refractivity contribution < 1.29 is 9.53 Å². The first-order chi connectivity index (χ1) is 21.0. The molecule has 0 aliphatic carbocycles. The van der Waals surface area contributed by atoms with Gasteiger partial charge in [-0.05, 0) is 79.2 Å². The number of aryl methyl sites for hydroxylation is 1. The molecule has 0 bridgehead atoms. The van der Waals surface area contributed by atoms with Crippen LogP contribution in [0.2, 0.25) is 0 Å². The number of aromatic nitrogens is 1. The normalized spacial score (nSPS) is 18.8. The van der Waals surface area contributed by atoms with Crippen LogP contribution in [0.15, 0.2) is 66.7 Å². The number of hydrogen-bond acceptors (Lipinski definition) is 4. The minimum Gasteiger partial charge on any atom is -0.445 e. The molecular weight excluding hydrogens is 532 g/mol. The average Bonchev–Trinajstić information content (AvgIpc) is 3.57. The maximum Gasteiger partial charge on any atom is 0.407 e. The summed E-state index contributed by atoms with van der Waals surface area (Å²) in [6.07, 6.45) is 2.51. The van der Waals surface area contributed by atoms with E-state index in [1.54, 1.807) is 0 Å². The summed E-state index contributed by atoms with van der Waals surface area (Å²) < 4.78 is 5.58. The second-order valence-electron chi connectivity index (χ2n) is 12.1. The van der Waals surface area contributed by atoms with Crippen LogP contribution in [0.25, 0.3) is 10.9 Å². The van der Waals surface area contributed by atoms with Gasteiger partial charge in [0.1, 0.15) is 6.61 Å². The maximum absolute atomic E-state index is 12.6. The molecule has 2 aliphatic heterocycles. The number of H-pyrrole nitrogens is 1. The number of carbonyl (C=O) groups is 1. The van der Waals surface area contributed by atoms with E-state index in [-0.39, 0.29) is 18.6 Å². The van der Waals surface area contributed by atoms with E-state index >= 15 is 0 Å². The van der Waals surface area contributed by atoms with Gasteiger partial charge in [-0.2, -0.15) is 0 Å². The highest BCUT2D eigenvalue weighted by molar-refractivity contribution is 5.85. The van der Waals surface area contributed by atoms with Crippen molar-refractivity contribution in [3.8, 4) is 0 Å². The number of hydrogen-bond donors (Lipinski definition) is 2. The number of likely N-dealkylation sites (N-methyl/N-ethyl adjacent to an activating group) is 2. The zero-order valence-corrected chi connectivity index (χ0v) is 26.2. The van der Waals surface area contributed by atoms with Gasteiger partial charge in [0.15, 0.2) is 0 Å². The first-order valence-electron chi connectivity index (χ1n) is 16.2. The molecule has 0 radical (unpaired) electrons. The van der Waals surface area contributed by atoms with Crippen molar-refractivity contribution in [2.24, 2.45) is 0 Å². The Balaban J connectivity index is 1.19. The Morgan fingerprint density at radius 1 is 1.02 bits per heavy atom. The monoisotopic (exact) mass is 578 g/mol. The number of piperidine rings is 1. The van der Waals surface area contributed by atoms with Gasteiger partial charge < -0.3 is 24.8 Å². The number of likely N-dealkylation sites (tertiary alicyclic amines) is 1. The number of alkyl carbamates (subject to hydrolysis) is 1. The molecule has 2 N–H and O–H groups in total. The van der Waals surface area contributed by atoms with Crippen LogP contribution in [0.1, 0.15) is 79.5 Å². The van der Waals surface area contributed by atoms with Crippen LogP contribution in [-0.2, 0) is 24.2 Å². The van der Waals surface area contributed by atoms with E-state index in [2.05, 4.69) is 96.3 Å². The summed E-state index contributed by atoms with van der Waals surface area (Å²) in [7, 11) is 0. The fourth-order valence-electron chi connectivity index (χ4n) is 7.50. The largest absolute Gasteiger partial charge is 0.445 e. The Morgan fingerprint density at radius 2 is 1.81 bits per heavy atom. The molecule has 43 heavy (non-hydrogen) atoms. The first kappa shape index (κ1) is 29.3. The topological polar surface area (TPSA) is 60.6 Å². The molecule has 3 atom stereocenters. The standard InChI is InChI=1S/C37H46N4O2/c1-5-26-12-8-9-13-28(26)24-43-37(42)38-20-18-31-29-14-10-11-15-33(29)39-36(31)25(4)27-16-17-34-32(22-27)30-19-21-40(6-2)23-35(30)41(34)7-3/h8-17,22,25,30,35,39H,5-7,18-21,23-24H2,1-4H3,(H,38,42). The Bertz CT molecular complexity index is 1580. The molecule has 3 aromatic carbocycles. The molecule has 1 amide bonds. The lowest BCUT2D eigenvalue weighted by molar-refractivity contribution is 0.139. The average molecular weight is 579 g/mol. The van der Waals surface area contributed by atoms with Crippen molar-refractivity contribution in [1.29, 1.82) is 0 Å². The summed E-state index contributed by atoms with van der Waals surface area (Å²) in [5, 5.41) is 4.22. The Labute approximate surface area is 256 Å². The van der Waals surface area contributed by atoms with Crippen LogP contribution in [0, 0.1) is 0 Å². The zero-order chi connectivity index (χ0) is 29.9. The van der Waals surface area contributed by atoms with Gasteiger partial charge in [-0.3, -0.25) is 0 Å². The minimum absolute atomic E-state index is 0.204. The van der Waals surface area contributed by atoms with E-state index in [0.717, 1.165) is 43.6 Å². The lowest BCUT2D eigenvalue weighted by atomic mass is 9.85. The number of aromatic amines is 1. The molecule has 3 heterocycles. The molecule has 1 saturated heterocycles. The third kappa shape index (κ3) is 5.77. The number of amides is 1. The van der Waals surface area contributed by atoms with E-state index in [4.69, 9.17) is 4.74 Å². The molecule has 6 heteroatoms. The van der Waals surface area contributed by atoms with Gasteiger partial charge >= 0.3 is 6.09 Å². The lowest BCUT2D eigenvalue weighted by Crippen LogP contribution is -2.48. The van der Waals surface area contributed by atoms with E-state index < -0.39 is 0 Å². The fourth-order valence-corrected chi connectivity index (χ4v) is 7.50. The van der Waals surface area contributed by atoms with Crippen LogP contribution in [-0.4, -0.2) is 54.7 Å². The number of anilines is 1. The Kier molecular flexibility index (Phi) is 8.75. The van der Waals surface area contributed by atoms with Gasteiger partial charge in [-0.25, -0.2) is 4.79 Å². The highest BCUT2D eigenvalue weighted by Crippen LogP contribution is 2.46. The number of ether oxygens (including phenoxy) is 1. The molecule has 226 valence electrons. The van der Waals surface area contributed by atoms with Gasteiger partial charge in [0, 0.05) is 59.8 Å². The first-order valence-corrected chi connectivity index (χ1v) is 16.2. The number of benzene rings is 3. The Morgan fingerprint density at radius 3 is 2.60 bits per heavy atom. The van der Waals surface area contributed by atoms with Crippen molar-refractivity contribution in [3.05, 3.63) is 100 Å². The SMILES string of the molecule is CCc1ccccc1COC(=O)NCCc1c(C(C)c2ccc3c(c2)C2CCN(CC)CC2N3CC)[nH]c2ccccc12. The van der Waals surface area contributed by atoms with Gasteiger partial charge in [0.25, 0.3) is 0 Å². The third-order valence-electron chi connectivity index (χ3n) is 9.90. The molecule has 6 rings (SSSR count). The van der Waals surface area contributed by atoms with Crippen molar-refractivity contribution in [3.63, 3.8) is 0 Å². The van der Waals surface area contributed by atoms with Crippen LogP contribution in [0.3, 0.4) is 0 Å². The van der Waals surface area contributed by atoms with Crippen LogP contribution in [0.5, 0.6) is 0 Å². The molecule has 4 aromatic rings. The second kappa shape index (κ2) is 12.8. The van der Waals surface area contributed by atoms with Crippen LogP contribution < -0.4 is 10.2 Å². The molecular formula is C37H46N4O2. The molecule has 0 saturated carbocycles. The molecule has 2 aliphatic rings. The summed E-state index contributed by atoms with van der Waals surface area (Å²) in [5.74, 6) is 0.807. The van der Waals surface area contributed by atoms with Crippen molar-refractivity contribution in [2.45, 2.75) is 71.4 Å². The van der Waals surface area contributed by atoms with Crippen LogP contribution >= 0.6 is 0 Å². The van der Waals surface area contributed by atoms with Crippen LogP contribution in [0.4, 0.5) is 10.5 Å². The van der Waals surface area contributed by atoms with Crippen molar-refractivity contribution >= 4 is 22.7 Å². The molecule has 6 nitrogen and oxygen atoms in total. The maximum atomic E-state index is 12.6. The number of nitrogens with zero attached hydrogens (tertiary/aromatic N) is 2. The molecule has 1 fully saturated rings. The zero-order valence-electron chi connectivity index (χ0n) is 26.2. The second-order valence-corrected chi connectivity index (χ2v) is 12.1. The highest BCUT2D eigenvalue weighted by Gasteiger charge is 2.41. The third-order valence-corrected chi connectivity index (χ3v) is 9.90. The summed E-state index contributed by atoms with van der Waals surface area (Å²) >= 11 is 0. The predicted molar refractivity (Wildman–Crippen MR) is 176 cm³/mol.